The number of likely N-dealkylation sites (N-methyl/N-ethyl adjacent to an activating group) is 1. The lowest BCUT2D eigenvalue weighted by molar-refractivity contribution is -0.116. The number of aromatic nitrogens is 2. The van der Waals surface area contributed by atoms with Crippen molar-refractivity contribution in [3.05, 3.63) is 22.8 Å². The molecule has 144 valence electrons. The number of rotatable bonds is 7. The second-order valence-electron chi connectivity index (χ2n) is 5.98. The van der Waals surface area contributed by atoms with Crippen LogP contribution in [-0.4, -0.2) is 53.5 Å². The lowest BCUT2D eigenvalue weighted by Gasteiger charge is -2.16. The Labute approximate surface area is 164 Å². The molecule has 3 heterocycles. The van der Waals surface area contributed by atoms with Gasteiger partial charge in [0.2, 0.25) is 5.91 Å². The number of hydrogen-bond donors (Lipinski definition) is 1. The molecule has 3 rings (SSSR count). The van der Waals surface area contributed by atoms with Crippen molar-refractivity contribution in [1.82, 2.24) is 15.0 Å². The minimum atomic E-state index is -0.334. The molecule has 0 unspecified atom stereocenters. The van der Waals surface area contributed by atoms with Crippen LogP contribution in [0, 0.1) is 6.92 Å². The second kappa shape index (κ2) is 8.05. The summed E-state index contributed by atoms with van der Waals surface area (Å²) >= 11 is 2.93. The van der Waals surface area contributed by atoms with Gasteiger partial charge in [-0.25, -0.2) is 4.98 Å². The summed E-state index contributed by atoms with van der Waals surface area (Å²) in [7, 11) is 1.60. The molecule has 0 fully saturated rings. The van der Waals surface area contributed by atoms with Gasteiger partial charge in [0.05, 0.1) is 16.1 Å². The molecule has 10 heteroatoms. The summed E-state index contributed by atoms with van der Waals surface area (Å²) in [4.78, 5) is 34.3. The molecule has 1 N–H and O–H groups in total. The van der Waals surface area contributed by atoms with Gasteiger partial charge in [0.15, 0.2) is 10.9 Å². The van der Waals surface area contributed by atoms with E-state index in [-0.39, 0.29) is 18.4 Å². The summed E-state index contributed by atoms with van der Waals surface area (Å²) in [5.74, 6) is 0.397. The molecule has 3 aromatic heterocycles. The summed E-state index contributed by atoms with van der Waals surface area (Å²) in [6, 6.07) is 3.47. The maximum absolute atomic E-state index is 12.6. The standard InChI is InChI=1S/C17H21N5O3S2/c1-5-22(6-2)17-19-15-11(27-17)8-12(26-15)16(24)21(4)9-14(23)18-13-7-10(3)25-20-13/h7-8H,5-6,9H2,1-4H3,(H,18,20,23). The highest BCUT2D eigenvalue weighted by Gasteiger charge is 2.20. The van der Waals surface area contributed by atoms with Crippen molar-refractivity contribution in [2.45, 2.75) is 20.8 Å². The van der Waals surface area contributed by atoms with E-state index in [0.29, 0.717) is 16.5 Å². The maximum atomic E-state index is 12.6. The Morgan fingerprint density at radius 1 is 1.22 bits per heavy atom. The quantitative estimate of drug-likeness (QED) is 0.647. The average Bonchev–Trinajstić information content (AvgIpc) is 3.30. The van der Waals surface area contributed by atoms with E-state index in [4.69, 9.17) is 4.52 Å². The highest BCUT2D eigenvalue weighted by Crippen LogP contribution is 2.34. The van der Waals surface area contributed by atoms with Gasteiger partial charge in [-0.15, -0.1) is 11.3 Å². The predicted octanol–water partition coefficient (Wildman–Crippen LogP) is 3.21. The molecule has 0 aromatic carbocycles. The summed E-state index contributed by atoms with van der Waals surface area (Å²) in [6.45, 7) is 7.63. The van der Waals surface area contributed by atoms with Crippen LogP contribution in [0.5, 0.6) is 0 Å². The lowest BCUT2D eigenvalue weighted by atomic mass is 10.4. The Kier molecular flexibility index (Phi) is 5.76. The number of carbonyl (C=O) groups excluding carboxylic acids is 2. The van der Waals surface area contributed by atoms with E-state index in [1.807, 2.05) is 6.07 Å². The number of carbonyl (C=O) groups is 2. The summed E-state index contributed by atoms with van der Waals surface area (Å²) < 4.78 is 5.89. The van der Waals surface area contributed by atoms with Crippen LogP contribution in [0.2, 0.25) is 0 Å². The van der Waals surface area contributed by atoms with E-state index in [1.54, 1.807) is 31.4 Å². The fourth-order valence-electron chi connectivity index (χ4n) is 2.54. The Morgan fingerprint density at radius 3 is 2.56 bits per heavy atom. The van der Waals surface area contributed by atoms with Crippen LogP contribution in [0.15, 0.2) is 16.7 Å². The third-order valence-corrected chi connectivity index (χ3v) is 6.16. The summed E-state index contributed by atoms with van der Waals surface area (Å²) in [6.07, 6.45) is 0. The second-order valence-corrected chi connectivity index (χ2v) is 8.02. The lowest BCUT2D eigenvalue weighted by Crippen LogP contribution is -2.34. The van der Waals surface area contributed by atoms with Crippen LogP contribution in [-0.2, 0) is 4.79 Å². The van der Waals surface area contributed by atoms with Crippen LogP contribution in [0.25, 0.3) is 9.53 Å². The number of nitrogens with one attached hydrogen (secondary N) is 1. The third kappa shape index (κ3) is 4.28. The molecular weight excluding hydrogens is 386 g/mol. The molecule has 0 spiro atoms. The molecule has 3 aromatic rings. The van der Waals surface area contributed by atoms with Gasteiger partial charge in [-0.1, -0.05) is 16.5 Å². The zero-order chi connectivity index (χ0) is 19.6. The van der Waals surface area contributed by atoms with Crippen LogP contribution >= 0.6 is 22.7 Å². The number of fused-ring (bicyclic) bond motifs is 1. The van der Waals surface area contributed by atoms with Crippen LogP contribution in [0.3, 0.4) is 0 Å². The van der Waals surface area contributed by atoms with E-state index >= 15 is 0 Å². The van der Waals surface area contributed by atoms with Gasteiger partial charge in [-0.05, 0) is 26.8 Å². The van der Waals surface area contributed by atoms with Crippen molar-refractivity contribution in [2.24, 2.45) is 0 Å². The van der Waals surface area contributed by atoms with Crippen molar-refractivity contribution < 1.29 is 14.1 Å². The first-order valence-electron chi connectivity index (χ1n) is 8.55. The van der Waals surface area contributed by atoms with Crippen molar-refractivity contribution in [3.8, 4) is 0 Å². The topological polar surface area (TPSA) is 91.6 Å². The van der Waals surface area contributed by atoms with Gasteiger partial charge in [0.1, 0.15) is 10.6 Å². The van der Waals surface area contributed by atoms with Gasteiger partial charge in [-0.3, -0.25) is 9.59 Å². The monoisotopic (exact) mass is 407 g/mol. The minimum Gasteiger partial charge on any atom is -0.360 e. The van der Waals surface area contributed by atoms with Crippen molar-refractivity contribution in [3.63, 3.8) is 0 Å². The van der Waals surface area contributed by atoms with Gasteiger partial charge >= 0.3 is 0 Å². The number of hydrogen-bond acceptors (Lipinski definition) is 8. The SMILES string of the molecule is CCN(CC)c1nc2sc(C(=O)N(C)CC(=O)Nc3cc(C)on3)cc2s1. The van der Waals surface area contributed by atoms with E-state index in [9.17, 15) is 9.59 Å². The highest BCUT2D eigenvalue weighted by atomic mass is 32.1. The zero-order valence-corrected chi connectivity index (χ0v) is 17.2. The molecule has 0 radical (unpaired) electrons. The van der Waals surface area contributed by atoms with Gasteiger partial charge in [0.25, 0.3) is 5.91 Å². The Morgan fingerprint density at radius 2 is 1.96 bits per heavy atom. The molecule has 27 heavy (non-hydrogen) atoms. The molecule has 8 nitrogen and oxygen atoms in total. The van der Waals surface area contributed by atoms with E-state index in [2.05, 4.69) is 34.2 Å². The smallest absolute Gasteiger partial charge is 0.264 e. The number of thiophene rings is 1. The van der Waals surface area contributed by atoms with Gasteiger partial charge in [-0.2, -0.15) is 0 Å². The number of nitrogens with zero attached hydrogens (tertiary/aromatic N) is 4. The highest BCUT2D eigenvalue weighted by molar-refractivity contribution is 7.29. The largest absolute Gasteiger partial charge is 0.360 e. The third-order valence-electron chi connectivity index (χ3n) is 3.95. The summed E-state index contributed by atoms with van der Waals surface area (Å²) in [5, 5.41) is 7.28. The Bertz CT molecular complexity index is 925. The van der Waals surface area contributed by atoms with E-state index in [1.165, 1.54) is 16.2 Å². The first kappa shape index (κ1) is 19.3. The minimum absolute atomic E-state index is 0.0750. The normalized spacial score (nSPS) is 11.0. The first-order chi connectivity index (χ1) is 12.9. The molecular formula is C17H21N5O3S2. The fourth-order valence-corrected chi connectivity index (χ4v) is 4.87. The molecule has 0 aliphatic heterocycles. The summed E-state index contributed by atoms with van der Waals surface area (Å²) in [5.41, 5.74) is 0. The molecule has 0 aliphatic carbocycles. The van der Waals surface area contributed by atoms with E-state index in [0.717, 1.165) is 27.8 Å². The van der Waals surface area contributed by atoms with Crippen molar-refractivity contribution in [1.29, 1.82) is 0 Å². The average molecular weight is 408 g/mol. The number of aryl methyl sites for hydroxylation is 1. The van der Waals surface area contributed by atoms with Crippen LogP contribution < -0.4 is 10.2 Å². The number of amides is 2. The Balaban J connectivity index is 1.65. The number of thiazole rings is 1. The van der Waals surface area contributed by atoms with Gasteiger partial charge < -0.3 is 19.6 Å². The van der Waals surface area contributed by atoms with Gasteiger partial charge in [0, 0.05) is 26.2 Å². The number of anilines is 2. The van der Waals surface area contributed by atoms with Crippen molar-refractivity contribution >= 4 is 55.0 Å². The molecule has 2 amide bonds. The molecule has 0 saturated carbocycles. The van der Waals surface area contributed by atoms with Crippen molar-refractivity contribution in [2.75, 3.05) is 36.9 Å². The molecule has 0 bridgehead atoms. The molecule has 0 aliphatic rings. The zero-order valence-electron chi connectivity index (χ0n) is 15.6. The van der Waals surface area contributed by atoms with E-state index < -0.39 is 0 Å². The Hall–Kier alpha value is -2.46. The first-order valence-corrected chi connectivity index (χ1v) is 10.2. The van der Waals surface area contributed by atoms with Crippen LogP contribution in [0.4, 0.5) is 10.9 Å². The maximum Gasteiger partial charge on any atom is 0.264 e. The molecule has 0 atom stereocenters. The predicted molar refractivity (Wildman–Crippen MR) is 108 cm³/mol. The molecule has 0 saturated heterocycles. The van der Waals surface area contributed by atoms with Crippen LogP contribution in [0.1, 0.15) is 29.3 Å². The fraction of sp³-hybridized carbons (Fsp3) is 0.412.